The molecule has 4 aliphatic rings. The third kappa shape index (κ3) is 8.08. The molecule has 9 atom stereocenters. The predicted octanol–water partition coefficient (Wildman–Crippen LogP) is 5.78. The normalized spacial score (nSPS) is 31.6. The number of aromatic nitrogens is 2. The zero-order valence-electron chi connectivity index (χ0n) is 31.1. The molecule has 4 saturated carbocycles. The fourth-order valence-electron chi connectivity index (χ4n) is 10.9. The quantitative estimate of drug-likeness (QED) is 0.0771. The zero-order valence-corrected chi connectivity index (χ0v) is 31.1. The zero-order chi connectivity index (χ0) is 36.9. The van der Waals surface area contributed by atoms with Crippen molar-refractivity contribution in [3.63, 3.8) is 0 Å². The maximum absolute atomic E-state index is 13.4. The third-order valence-corrected chi connectivity index (χ3v) is 13.6. The number of nitrogens with zero attached hydrogens (tertiary/aromatic N) is 3. The number of carbonyl (C=O) groups excluding carboxylic acids is 2. The van der Waals surface area contributed by atoms with Crippen molar-refractivity contribution >= 4 is 34.3 Å². The van der Waals surface area contributed by atoms with Gasteiger partial charge in [-0.05, 0) is 134 Å². The Hall–Kier alpha value is -3.36. The van der Waals surface area contributed by atoms with Crippen LogP contribution in [0.3, 0.4) is 0 Å². The molecule has 14 heteroatoms. The van der Waals surface area contributed by atoms with Gasteiger partial charge in [-0.15, -0.1) is 0 Å². The molecule has 4 N–H and O–H groups in total. The van der Waals surface area contributed by atoms with Crippen LogP contribution in [0.5, 0.6) is 0 Å². The van der Waals surface area contributed by atoms with Gasteiger partial charge in [0.25, 0.3) is 0 Å². The van der Waals surface area contributed by atoms with Crippen LogP contribution in [-0.2, 0) is 23.8 Å². The smallest absolute Gasteiger partial charge is 0.305 e. The summed E-state index contributed by atoms with van der Waals surface area (Å²) in [6.45, 7) is 9.53. The van der Waals surface area contributed by atoms with Crippen molar-refractivity contribution in [2.45, 2.75) is 110 Å². The maximum Gasteiger partial charge on any atom is 0.305 e. The molecule has 1 aromatic carbocycles. The average molecular weight is 727 g/mol. The van der Waals surface area contributed by atoms with E-state index in [0.29, 0.717) is 67.7 Å². The number of nitrogens with one attached hydrogen (secondary N) is 2. The highest BCUT2D eigenvalue weighted by atomic mass is 16.6. The molecule has 288 valence electrons. The molecule has 4 fully saturated rings. The van der Waals surface area contributed by atoms with Gasteiger partial charge in [0.1, 0.15) is 12.6 Å². The second kappa shape index (κ2) is 16.8. The van der Waals surface area contributed by atoms with Gasteiger partial charge in [0.2, 0.25) is 11.4 Å². The number of amides is 1. The number of nitrogens with two attached hydrogens (primary N) is 1. The molecule has 1 aromatic heterocycles. The maximum atomic E-state index is 13.4. The minimum absolute atomic E-state index is 0.0537. The summed E-state index contributed by atoms with van der Waals surface area (Å²) < 4.78 is 20.9. The summed E-state index contributed by atoms with van der Waals surface area (Å²) in [5.74, 6) is 3.26. The highest BCUT2D eigenvalue weighted by molar-refractivity contribution is 5.95. The Morgan fingerprint density at radius 2 is 1.71 bits per heavy atom. The van der Waals surface area contributed by atoms with Crippen LogP contribution in [0.15, 0.2) is 16.8 Å². The van der Waals surface area contributed by atoms with E-state index < -0.39 is 11.0 Å². The van der Waals surface area contributed by atoms with Gasteiger partial charge in [-0.2, -0.15) is 0 Å². The highest BCUT2D eigenvalue weighted by Gasteiger charge is 2.60. The van der Waals surface area contributed by atoms with Crippen molar-refractivity contribution in [3.05, 3.63) is 22.2 Å². The Morgan fingerprint density at radius 3 is 2.50 bits per heavy atom. The van der Waals surface area contributed by atoms with Crippen LogP contribution >= 0.6 is 0 Å². The fourth-order valence-corrected chi connectivity index (χ4v) is 10.9. The van der Waals surface area contributed by atoms with Crippen molar-refractivity contribution < 1.29 is 33.4 Å². The van der Waals surface area contributed by atoms with E-state index in [9.17, 15) is 19.7 Å². The van der Waals surface area contributed by atoms with Crippen molar-refractivity contribution in [3.8, 4) is 0 Å². The number of nitro groups is 1. The monoisotopic (exact) mass is 726 g/mol. The molecule has 4 aliphatic carbocycles. The number of anilines is 1. The largest absolute Gasteiger partial charge is 0.463 e. The first-order valence-electron chi connectivity index (χ1n) is 19.5. The van der Waals surface area contributed by atoms with Crippen LogP contribution in [-0.4, -0.2) is 78.8 Å². The Labute approximate surface area is 306 Å². The number of hydrogen-bond donors (Lipinski definition) is 3. The van der Waals surface area contributed by atoms with Crippen LogP contribution in [0.1, 0.15) is 97.8 Å². The number of rotatable bonds is 17. The second-order valence-electron chi connectivity index (χ2n) is 16.3. The summed E-state index contributed by atoms with van der Waals surface area (Å²) in [7, 11) is 0. The lowest BCUT2D eigenvalue weighted by Crippen LogP contribution is -2.56. The standard InChI is InChI=1S/C38H58N6O8/c1-24(40-31-11-12-32(44(47)48)35-34(31)42-52-43-35)36(46)41-27-13-15-38(3)26(23-27)7-9-28-29-10-8-25(37(29,2)16-14-30(28)38)5-4-6-33(45)51-22-21-50-20-19-49-18-17-39/h11-12,24-30,40H,4-10,13-23,39H2,1-3H3,(H,41,46)/t24-,25?,26+,27+,28?,29?,30?,37+,38-/m0/s1. The number of carbonyl (C=O) groups is 2. The molecule has 0 aliphatic heterocycles. The van der Waals surface area contributed by atoms with Crippen molar-refractivity contribution in [2.24, 2.45) is 46.2 Å². The van der Waals surface area contributed by atoms with Crippen molar-refractivity contribution in [1.82, 2.24) is 15.6 Å². The van der Waals surface area contributed by atoms with Crippen molar-refractivity contribution in [2.75, 3.05) is 44.9 Å². The highest BCUT2D eigenvalue weighted by Crippen LogP contribution is 2.68. The summed E-state index contributed by atoms with van der Waals surface area (Å²) in [6.07, 6.45) is 13.1. The minimum atomic E-state index is -0.570. The minimum Gasteiger partial charge on any atom is -0.463 e. The lowest BCUT2D eigenvalue weighted by Gasteiger charge is -2.61. The molecule has 1 heterocycles. The first-order valence-corrected chi connectivity index (χ1v) is 19.5. The van der Waals surface area contributed by atoms with E-state index in [0.717, 1.165) is 49.9 Å². The van der Waals surface area contributed by atoms with Crippen LogP contribution in [0.4, 0.5) is 11.4 Å². The van der Waals surface area contributed by atoms with Gasteiger partial charge in [-0.1, -0.05) is 13.8 Å². The van der Waals surface area contributed by atoms with Crippen LogP contribution in [0, 0.1) is 50.5 Å². The van der Waals surface area contributed by atoms with Crippen LogP contribution < -0.4 is 16.4 Å². The number of ether oxygens (including phenoxy) is 3. The lowest BCUT2D eigenvalue weighted by atomic mass is 9.44. The second-order valence-corrected chi connectivity index (χ2v) is 16.3. The Kier molecular flexibility index (Phi) is 12.4. The van der Waals surface area contributed by atoms with Gasteiger partial charge in [-0.3, -0.25) is 19.7 Å². The summed E-state index contributed by atoms with van der Waals surface area (Å²) in [4.78, 5) is 36.6. The van der Waals surface area contributed by atoms with E-state index in [-0.39, 0.29) is 41.2 Å². The molecular formula is C38H58N6O8. The Morgan fingerprint density at radius 1 is 0.981 bits per heavy atom. The topological polar surface area (TPSA) is 194 Å². The molecule has 52 heavy (non-hydrogen) atoms. The molecule has 2 aromatic rings. The Bertz CT molecular complexity index is 1550. The van der Waals surface area contributed by atoms with Gasteiger partial charge >= 0.3 is 11.7 Å². The van der Waals surface area contributed by atoms with E-state index in [2.05, 4.69) is 34.8 Å². The molecule has 0 bridgehead atoms. The first kappa shape index (κ1) is 38.4. The lowest BCUT2D eigenvalue weighted by molar-refractivity contribution is -0.383. The molecule has 4 unspecified atom stereocenters. The van der Waals surface area contributed by atoms with Crippen molar-refractivity contribution in [1.29, 1.82) is 0 Å². The SMILES string of the molecule is C[C@H](Nc1ccc([N+](=O)[O-])c2nonc12)C(=O)N[C@@H]1CC[C@]2(C)C3CC[C@]4(C)C(CCCC(=O)OCCOCCOCCN)CCC4C3CC[C@@H]2C1. The number of fused-ring (bicyclic) bond motifs is 6. The van der Waals surface area contributed by atoms with Gasteiger partial charge < -0.3 is 30.6 Å². The van der Waals surface area contributed by atoms with Crippen LogP contribution in [0.25, 0.3) is 11.0 Å². The summed E-state index contributed by atoms with van der Waals surface area (Å²) in [5.41, 5.74) is 6.60. The van der Waals surface area contributed by atoms with Gasteiger partial charge in [0, 0.05) is 25.1 Å². The van der Waals surface area contributed by atoms with Crippen LogP contribution in [0.2, 0.25) is 0 Å². The molecular weight excluding hydrogens is 668 g/mol. The van der Waals surface area contributed by atoms with E-state index in [4.69, 9.17) is 24.6 Å². The Balaban J connectivity index is 0.950. The molecule has 0 radical (unpaired) electrons. The summed E-state index contributed by atoms with van der Waals surface area (Å²) in [5, 5.41) is 25.4. The van der Waals surface area contributed by atoms with E-state index in [1.54, 1.807) is 13.0 Å². The van der Waals surface area contributed by atoms with Gasteiger partial charge in [0.15, 0.2) is 5.52 Å². The summed E-state index contributed by atoms with van der Waals surface area (Å²) in [6, 6.07) is 2.45. The predicted molar refractivity (Wildman–Crippen MR) is 194 cm³/mol. The third-order valence-electron chi connectivity index (χ3n) is 13.6. The van der Waals surface area contributed by atoms with E-state index in [1.807, 2.05) is 0 Å². The van der Waals surface area contributed by atoms with E-state index >= 15 is 0 Å². The fraction of sp³-hybridized carbons (Fsp3) is 0.789. The van der Waals surface area contributed by atoms with E-state index in [1.165, 1.54) is 44.6 Å². The molecule has 14 nitrogen and oxygen atoms in total. The number of hydrogen-bond acceptors (Lipinski definition) is 12. The van der Waals surface area contributed by atoms with Gasteiger partial charge in [-0.25, -0.2) is 4.63 Å². The number of esters is 1. The summed E-state index contributed by atoms with van der Waals surface area (Å²) >= 11 is 0. The number of benzene rings is 1. The average Bonchev–Trinajstić information content (AvgIpc) is 3.75. The molecule has 0 saturated heterocycles. The molecule has 0 spiro atoms. The molecule has 6 rings (SSSR count). The number of nitro benzene ring substituents is 1. The van der Waals surface area contributed by atoms with Gasteiger partial charge in [0.05, 0.1) is 37.0 Å². The number of non-ortho nitro benzene ring substituents is 1. The molecule has 1 amide bonds. The first-order chi connectivity index (χ1) is 25.0.